The van der Waals surface area contributed by atoms with Gasteiger partial charge in [0.2, 0.25) is 5.91 Å². The van der Waals surface area contributed by atoms with Crippen LogP contribution in [0.3, 0.4) is 0 Å². The first-order valence-corrected chi connectivity index (χ1v) is 8.34. The molecule has 102 valence electrons. The van der Waals surface area contributed by atoms with Crippen molar-refractivity contribution in [1.82, 2.24) is 5.32 Å². The Kier molecular flexibility index (Phi) is 6.08. The molecule has 0 aromatic carbocycles. The van der Waals surface area contributed by atoms with Crippen LogP contribution < -0.4 is 5.32 Å². The maximum Gasteiger partial charge on any atom is 0.304 e. The Balaban J connectivity index is 1.99. The number of amides is 1. The number of allylic oxidation sites excluding steroid dienone is 1. The van der Waals surface area contributed by atoms with Gasteiger partial charge in [-0.1, -0.05) is 40.7 Å². The highest BCUT2D eigenvalue weighted by atomic mass is 33.1. The summed E-state index contributed by atoms with van der Waals surface area (Å²) in [7, 11) is 3.13. The number of carboxylic acids is 1. The van der Waals surface area contributed by atoms with Gasteiger partial charge in [-0.2, -0.15) is 0 Å². The van der Waals surface area contributed by atoms with Crippen molar-refractivity contribution < 1.29 is 14.7 Å². The standard InChI is InChI=1S/C12H19NO3S2/c1-9-7-12(2,8-9)11(16)13-4-6-18-17-5-3-10(14)15/h1,3-8H2,2H3,(H,13,16)(H,14,15). The van der Waals surface area contributed by atoms with E-state index < -0.39 is 5.97 Å². The van der Waals surface area contributed by atoms with E-state index in [9.17, 15) is 9.59 Å². The van der Waals surface area contributed by atoms with Crippen LogP contribution in [0.25, 0.3) is 0 Å². The van der Waals surface area contributed by atoms with Crippen LogP contribution >= 0.6 is 21.6 Å². The highest BCUT2D eigenvalue weighted by molar-refractivity contribution is 8.76. The Morgan fingerprint density at radius 3 is 2.56 bits per heavy atom. The number of nitrogens with one attached hydrogen (secondary N) is 1. The van der Waals surface area contributed by atoms with E-state index in [1.807, 2.05) is 6.92 Å². The van der Waals surface area contributed by atoms with Crippen molar-refractivity contribution >= 4 is 33.5 Å². The molecule has 0 aliphatic heterocycles. The molecule has 1 aliphatic carbocycles. The lowest BCUT2D eigenvalue weighted by molar-refractivity contribution is -0.136. The van der Waals surface area contributed by atoms with E-state index in [2.05, 4.69) is 11.9 Å². The first kappa shape index (κ1) is 15.4. The first-order valence-electron chi connectivity index (χ1n) is 5.85. The molecule has 1 amide bonds. The summed E-state index contributed by atoms with van der Waals surface area (Å²) in [4.78, 5) is 22.1. The summed E-state index contributed by atoms with van der Waals surface area (Å²) in [6.07, 6.45) is 1.77. The van der Waals surface area contributed by atoms with Crippen molar-refractivity contribution in [3.63, 3.8) is 0 Å². The molecule has 4 nitrogen and oxygen atoms in total. The van der Waals surface area contributed by atoms with Crippen molar-refractivity contribution in [2.24, 2.45) is 5.41 Å². The molecule has 0 aromatic heterocycles. The average Bonchev–Trinajstić information content (AvgIpc) is 2.25. The first-order chi connectivity index (χ1) is 8.44. The molecule has 0 atom stereocenters. The predicted octanol–water partition coefficient (Wildman–Crippen LogP) is 2.32. The quantitative estimate of drug-likeness (QED) is 0.408. The third-order valence-corrected chi connectivity index (χ3v) is 5.19. The molecule has 6 heteroatoms. The van der Waals surface area contributed by atoms with Gasteiger partial charge in [0.25, 0.3) is 0 Å². The molecule has 1 saturated carbocycles. The van der Waals surface area contributed by atoms with Crippen molar-refractivity contribution in [2.75, 3.05) is 18.1 Å². The zero-order chi connectivity index (χ0) is 13.6. The van der Waals surface area contributed by atoms with E-state index >= 15 is 0 Å². The second-order valence-electron chi connectivity index (χ2n) is 4.71. The minimum atomic E-state index is -0.769. The number of aliphatic carboxylic acids is 1. The minimum absolute atomic E-state index is 0.103. The minimum Gasteiger partial charge on any atom is -0.481 e. The largest absolute Gasteiger partial charge is 0.481 e. The highest BCUT2D eigenvalue weighted by Crippen LogP contribution is 2.43. The third kappa shape index (κ3) is 4.94. The zero-order valence-corrected chi connectivity index (χ0v) is 12.2. The second kappa shape index (κ2) is 7.09. The number of rotatable bonds is 8. The molecular weight excluding hydrogens is 270 g/mol. The summed E-state index contributed by atoms with van der Waals surface area (Å²) in [5.41, 5.74) is 0.893. The zero-order valence-electron chi connectivity index (χ0n) is 10.5. The summed E-state index contributed by atoms with van der Waals surface area (Å²) < 4.78 is 0. The van der Waals surface area contributed by atoms with Crippen LogP contribution in [0.5, 0.6) is 0 Å². The van der Waals surface area contributed by atoms with E-state index in [-0.39, 0.29) is 17.7 Å². The molecule has 0 radical (unpaired) electrons. The fourth-order valence-electron chi connectivity index (χ4n) is 1.88. The predicted molar refractivity (Wildman–Crippen MR) is 76.7 cm³/mol. The molecular formula is C12H19NO3S2. The van der Waals surface area contributed by atoms with Gasteiger partial charge in [-0.3, -0.25) is 9.59 Å². The Morgan fingerprint density at radius 2 is 2.00 bits per heavy atom. The summed E-state index contributed by atoms with van der Waals surface area (Å²) in [6.45, 7) is 6.44. The highest BCUT2D eigenvalue weighted by Gasteiger charge is 2.41. The number of carbonyl (C=O) groups excluding carboxylic acids is 1. The van der Waals surface area contributed by atoms with E-state index in [1.54, 1.807) is 10.8 Å². The van der Waals surface area contributed by atoms with Gasteiger partial charge in [0.1, 0.15) is 0 Å². The van der Waals surface area contributed by atoms with E-state index in [1.165, 1.54) is 10.8 Å². The molecule has 2 N–H and O–H groups in total. The van der Waals surface area contributed by atoms with Crippen LogP contribution in [-0.2, 0) is 9.59 Å². The molecule has 0 spiro atoms. The van der Waals surface area contributed by atoms with Crippen LogP contribution in [0.1, 0.15) is 26.2 Å². The summed E-state index contributed by atoms with van der Waals surface area (Å²) >= 11 is 0. The van der Waals surface area contributed by atoms with Crippen LogP contribution in [0.4, 0.5) is 0 Å². The molecule has 1 aliphatic rings. The third-order valence-electron chi connectivity index (χ3n) is 2.78. The van der Waals surface area contributed by atoms with Crippen molar-refractivity contribution in [3.8, 4) is 0 Å². The van der Waals surface area contributed by atoms with Crippen molar-refractivity contribution in [1.29, 1.82) is 0 Å². The lowest BCUT2D eigenvalue weighted by atomic mass is 9.67. The average molecular weight is 289 g/mol. The Bertz CT molecular complexity index is 336. The lowest BCUT2D eigenvalue weighted by Crippen LogP contribution is -2.45. The fraction of sp³-hybridized carbons (Fsp3) is 0.667. The van der Waals surface area contributed by atoms with Crippen LogP contribution in [0.15, 0.2) is 12.2 Å². The Morgan fingerprint density at radius 1 is 1.39 bits per heavy atom. The Labute approximate surface area is 115 Å². The van der Waals surface area contributed by atoms with Gasteiger partial charge in [-0.05, 0) is 12.8 Å². The Hall–Kier alpha value is -0.620. The smallest absolute Gasteiger partial charge is 0.304 e. The SMILES string of the molecule is C=C1CC(C)(C(=O)NCCSSCCC(=O)O)C1. The summed E-state index contributed by atoms with van der Waals surface area (Å²) in [6, 6.07) is 0. The summed E-state index contributed by atoms with van der Waals surface area (Å²) in [5, 5.41) is 11.4. The topological polar surface area (TPSA) is 66.4 Å². The molecule has 18 heavy (non-hydrogen) atoms. The number of hydrogen-bond donors (Lipinski definition) is 2. The lowest BCUT2D eigenvalue weighted by Gasteiger charge is -2.38. The monoisotopic (exact) mass is 289 g/mol. The summed E-state index contributed by atoms with van der Waals surface area (Å²) in [5.74, 6) is 0.735. The van der Waals surface area contributed by atoms with E-state index in [0.717, 1.165) is 24.2 Å². The maximum atomic E-state index is 11.8. The number of hydrogen-bond acceptors (Lipinski definition) is 4. The fourth-order valence-corrected chi connectivity index (χ4v) is 3.76. The molecule has 1 rings (SSSR count). The second-order valence-corrected chi connectivity index (χ2v) is 7.41. The van der Waals surface area contributed by atoms with Gasteiger partial charge in [-0.25, -0.2) is 0 Å². The molecule has 0 aromatic rings. The molecule has 0 saturated heterocycles. The maximum absolute atomic E-state index is 11.8. The van der Waals surface area contributed by atoms with Gasteiger partial charge in [-0.15, -0.1) is 0 Å². The van der Waals surface area contributed by atoms with E-state index in [0.29, 0.717) is 12.3 Å². The van der Waals surface area contributed by atoms with Crippen molar-refractivity contribution in [3.05, 3.63) is 12.2 Å². The van der Waals surface area contributed by atoms with Crippen LogP contribution in [-0.4, -0.2) is 35.0 Å². The van der Waals surface area contributed by atoms with Gasteiger partial charge < -0.3 is 10.4 Å². The number of carbonyl (C=O) groups is 2. The molecule has 0 bridgehead atoms. The molecule has 0 unspecified atom stereocenters. The van der Waals surface area contributed by atoms with E-state index in [4.69, 9.17) is 5.11 Å². The molecule has 1 fully saturated rings. The van der Waals surface area contributed by atoms with Gasteiger partial charge in [0, 0.05) is 18.1 Å². The van der Waals surface area contributed by atoms with Crippen LogP contribution in [0.2, 0.25) is 0 Å². The van der Waals surface area contributed by atoms with Gasteiger partial charge in [0.15, 0.2) is 0 Å². The molecule has 0 heterocycles. The number of carboxylic acid groups (broad SMARTS) is 1. The van der Waals surface area contributed by atoms with Gasteiger partial charge >= 0.3 is 5.97 Å². The van der Waals surface area contributed by atoms with Crippen LogP contribution in [0, 0.1) is 5.41 Å². The normalized spacial score (nSPS) is 17.1. The van der Waals surface area contributed by atoms with Gasteiger partial charge in [0.05, 0.1) is 11.8 Å². The van der Waals surface area contributed by atoms with Crippen molar-refractivity contribution in [2.45, 2.75) is 26.2 Å².